The fraction of sp³-hybridized carbons (Fsp3) is 0.400. The molecule has 0 unspecified atom stereocenters. The van der Waals surface area contributed by atoms with Gasteiger partial charge in [0.2, 0.25) is 0 Å². The van der Waals surface area contributed by atoms with Crippen LogP contribution in [0.2, 0.25) is 0 Å². The van der Waals surface area contributed by atoms with Gasteiger partial charge >= 0.3 is 0 Å². The summed E-state index contributed by atoms with van der Waals surface area (Å²) in [5.74, 6) is 0.705. The van der Waals surface area contributed by atoms with Crippen LogP contribution in [0.25, 0.3) is 0 Å². The van der Waals surface area contributed by atoms with Crippen molar-refractivity contribution in [1.82, 2.24) is 0 Å². The molecule has 0 saturated carbocycles. The van der Waals surface area contributed by atoms with Gasteiger partial charge < -0.3 is 4.74 Å². The number of thioether (sulfide) groups is 1. The Morgan fingerprint density at radius 1 is 1.21 bits per heavy atom. The average Bonchev–Trinajstić information content (AvgIpc) is 2.18. The summed E-state index contributed by atoms with van der Waals surface area (Å²) in [6.45, 7) is -0.0980. The number of ether oxygens (including phenoxy) is 1. The van der Waals surface area contributed by atoms with Crippen molar-refractivity contribution in [1.29, 1.82) is 0 Å². The molecule has 0 saturated heterocycles. The summed E-state index contributed by atoms with van der Waals surface area (Å²) in [6, 6.07) is 9.80. The average molecular weight is 218 g/mol. The van der Waals surface area contributed by atoms with E-state index in [0.717, 1.165) is 4.90 Å². The van der Waals surface area contributed by atoms with Crippen molar-refractivity contribution in [3.05, 3.63) is 30.3 Å². The van der Waals surface area contributed by atoms with Gasteiger partial charge in [-0.05, 0) is 12.1 Å². The largest absolute Gasteiger partial charge is 0.375 e. The van der Waals surface area contributed by atoms with E-state index in [1.807, 2.05) is 30.3 Å². The van der Waals surface area contributed by atoms with Crippen LogP contribution in [0, 0.1) is 0 Å². The lowest BCUT2D eigenvalue weighted by molar-refractivity contribution is 0.0237. The molecule has 1 rings (SSSR count). The molecule has 0 N–H and O–H groups in total. The van der Waals surface area contributed by atoms with E-state index in [-0.39, 0.29) is 0 Å². The van der Waals surface area contributed by atoms with Gasteiger partial charge in [-0.3, -0.25) is 0 Å². The molecule has 1 aromatic carbocycles. The van der Waals surface area contributed by atoms with Crippen LogP contribution < -0.4 is 0 Å². The Hall–Kier alpha value is -0.610. The van der Waals surface area contributed by atoms with Crippen LogP contribution >= 0.6 is 11.8 Å². The van der Waals surface area contributed by atoms with Crippen molar-refractivity contribution >= 4 is 11.8 Å². The molecule has 1 aromatic rings. The van der Waals surface area contributed by atoms with Gasteiger partial charge in [-0.15, -0.1) is 11.8 Å². The SMILES string of the molecule is FC(F)COCCSc1ccccc1. The minimum Gasteiger partial charge on any atom is -0.375 e. The molecule has 0 bridgehead atoms. The van der Waals surface area contributed by atoms with E-state index < -0.39 is 13.0 Å². The first kappa shape index (κ1) is 11.5. The zero-order valence-corrected chi connectivity index (χ0v) is 8.47. The van der Waals surface area contributed by atoms with Crippen molar-refractivity contribution in [2.75, 3.05) is 19.0 Å². The molecule has 0 aliphatic rings. The Bertz CT molecular complexity index is 241. The molecule has 0 spiro atoms. The number of benzene rings is 1. The Morgan fingerprint density at radius 3 is 2.57 bits per heavy atom. The lowest BCUT2D eigenvalue weighted by atomic mass is 10.4. The van der Waals surface area contributed by atoms with Crippen molar-refractivity contribution in [2.24, 2.45) is 0 Å². The predicted molar refractivity (Wildman–Crippen MR) is 54.0 cm³/mol. The van der Waals surface area contributed by atoms with Gasteiger partial charge in [0.1, 0.15) is 6.61 Å². The highest BCUT2D eigenvalue weighted by Gasteiger charge is 2.00. The highest BCUT2D eigenvalue weighted by molar-refractivity contribution is 7.99. The van der Waals surface area contributed by atoms with Crippen molar-refractivity contribution in [2.45, 2.75) is 11.3 Å². The van der Waals surface area contributed by atoms with Gasteiger partial charge in [0.05, 0.1) is 6.61 Å². The number of rotatable bonds is 6. The van der Waals surface area contributed by atoms with Gasteiger partial charge in [0.15, 0.2) is 0 Å². The van der Waals surface area contributed by atoms with E-state index in [1.165, 1.54) is 0 Å². The Morgan fingerprint density at radius 2 is 1.93 bits per heavy atom. The summed E-state index contributed by atoms with van der Waals surface area (Å²) < 4.78 is 28.1. The van der Waals surface area contributed by atoms with Crippen LogP contribution in [-0.2, 0) is 4.74 Å². The molecule has 0 aliphatic carbocycles. The zero-order valence-electron chi connectivity index (χ0n) is 7.66. The van der Waals surface area contributed by atoms with Crippen LogP contribution in [0.5, 0.6) is 0 Å². The van der Waals surface area contributed by atoms with E-state index in [2.05, 4.69) is 0 Å². The maximum Gasteiger partial charge on any atom is 0.261 e. The highest BCUT2D eigenvalue weighted by Crippen LogP contribution is 2.16. The van der Waals surface area contributed by atoms with E-state index >= 15 is 0 Å². The van der Waals surface area contributed by atoms with Crippen molar-refractivity contribution in [3.8, 4) is 0 Å². The second-order valence-corrected chi connectivity index (χ2v) is 3.80. The van der Waals surface area contributed by atoms with Crippen LogP contribution in [0.1, 0.15) is 0 Å². The lowest BCUT2D eigenvalue weighted by Crippen LogP contribution is -2.06. The molecule has 0 fully saturated rings. The minimum atomic E-state index is -2.36. The summed E-state index contributed by atoms with van der Waals surface area (Å²) in [7, 11) is 0. The van der Waals surface area contributed by atoms with Gasteiger partial charge in [-0.25, -0.2) is 8.78 Å². The topological polar surface area (TPSA) is 9.23 Å². The number of alkyl halides is 2. The van der Waals surface area contributed by atoms with Crippen LogP contribution in [-0.4, -0.2) is 25.4 Å². The van der Waals surface area contributed by atoms with Crippen molar-refractivity contribution < 1.29 is 13.5 Å². The quantitative estimate of drug-likeness (QED) is 0.536. The first-order valence-electron chi connectivity index (χ1n) is 4.33. The molecule has 0 radical (unpaired) electrons. The van der Waals surface area contributed by atoms with E-state index in [1.54, 1.807) is 11.8 Å². The summed E-state index contributed by atoms with van der Waals surface area (Å²) in [5.41, 5.74) is 0. The summed E-state index contributed by atoms with van der Waals surface area (Å²) in [6.07, 6.45) is -2.36. The molecule has 0 heterocycles. The Labute approximate surface area is 86.5 Å². The molecule has 0 aromatic heterocycles. The van der Waals surface area contributed by atoms with Gasteiger partial charge in [0, 0.05) is 10.6 Å². The molecule has 4 heteroatoms. The minimum absolute atomic E-state index is 0.365. The summed E-state index contributed by atoms with van der Waals surface area (Å²) in [4.78, 5) is 1.13. The number of hydrogen-bond acceptors (Lipinski definition) is 2. The van der Waals surface area contributed by atoms with Gasteiger partial charge in [-0.2, -0.15) is 0 Å². The van der Waals surface area contributed by atoms with E-state index in [0.29, 0.717) is 12.4 Å². The third kappa shape index (κ3) is 5.19. The van der Waals surface area contributed by atoms with E-state index in [9.17, 15) is 8.78 Å². The fourth-order valence-electron chi connectivity index (χ4n) is 0.908. The molecule has 0 aliphatic heterocycles. The summed E-state index contributed by atoms with van der Waals surface area (Å²) >= 11 is 1.60. The normalized spacial score (nSPS) is 10.8. The standard InChI is InChI=1S/C10H12F2OS/c11-10(12)8-13-6-7-14-9-4-2-1-3-5-9/h1-5,10H,6-8H2. The van der Waals surface area contributed by atoms with Gasteiger partial charge in [-0.1, -0.05) is 18.2 Å². The third-order valence-corrected chi connectivity index (χ3v) is 2.46. The molecular formula is C10H12F2OS. The summed E-state index contributed by atoms with van der Waals surface area (Å²) in [5, 5.41) is 0. The van der Waals surface area contributed by atoms with E-state index in [4.69, 9.17) is 4.74 Å². The van der Waals surface area contributed by atoms with Gasteiger partial charge in [0.25, 0.3) is 6.43 Å². The molecule has 78 valence electrons. The number of hydrogen-bond donors (Lipinski definition) is 0. The second kappa shape index (κ2) is 6.79. The first-order chi connectivity index (χ1) is 6.79. The molecule has 14 heavy (non-hydrogen) atoms. The maximum atomic E-state index is 11.7. The monoisotopic (exact) mass is 218 g/mol. The van der Waals surface area contributed by atoms with Crippen LogP contribution in [0.3, 0.4) is 0 Å². The fourth-order valence-corrected chi connectivity index (χ4v) is 1.69. The molecule has 1 nitrogen and oxygen atoms in total. The zero-order chi connectivity index (χ0) is 10.2. The lowest BCUT2D eigenvalue weighted by Gasteiger charge is -2.03. The highest BCUT2D eigenvalue weighted by atomic mass is 32.2. The maximum absolute atomic E-state index is 11.7. The molecule has 0 atom stereocenters. The third-order valence-electron chi connectivity index (χ3n) is 1.48. The Kier molecular flexibility index (Phi) is 5.56. The van der Waals surface area contributed by atoms with Crippen LogP contribution in [0.15, 0.2) is 35.2 Å². The first-order valence-corrected chi connectivity index (χ1v) is 5.31. The number of halogens is 2. The molecule has 0 amide bonds. The predicted octanol–water partition coefficient (Wildman–Crippen LogP) is 3.06. The smallest absolute Gasteiger partial charge is 0.261 e. The van der Waals surface area contributed by atoms with Crippen molar-refractivity contribution in [3.63, 3.8) is 0 Å². The molecular weight excluding hydrogens is 206 g/mol. The van der Waals surface area contributed by atoms with Crippen LogP contribution in [0.4, 0.5) is 8.78 Å². The Balaban J connectivity index is 2.05. The second-order valence-electron chi connectivity index (χ2n) is 2.63.